The maximum atomic E-state index is 11.8. The number of benzene rings is 1. The first-order valence-corrected chi connectivity index (χ1v) is 7.28. The van der Waals surface area contributed by atoms with Crippen LogP contribution in [0.3, 0.4) is 0 Å². The van der Waals surface area contributed by atoms with Crippen LogP contribution in [0.2, 0.25) is 0 Å². The molecule has 0 spiro atoms. The molecule has 0 fully saturated rings. The normalized spacial score (nSPS) is 10.9. The molecule has 5 heteroatoms. The number of para-hydroxylation sites is 1. The standard InChI is InChI=1S/C14H20N2O2S/c1-14(2,3)13(18)15-9-12(17)16-10-7-5-6-8-11(10)19-4/h5-8H,9H2,1-4H3,(H,15,18)(H,16,17). The maximum Gasteiger partial charge on any atom is 0.243 e. The molecule has 2 amide bonds. The molecule has 0 unspecified atom stereocenters. The second-order valence-electron chi connectivity index (χ2n) is 5.18. The van der Waals surface area contributed by atoms with Gasteiger partial charge in [0.05, 0.1) is 12.2 Å². The largest absolute Gasteiger partial charge is 0.347 e. The second kappa shape index (κ2) is 6.61. The average molecular weight is 280 g/mol. The van der Waals surface area contributed by atoms with Crippen LogP contribution in [0.4, 0.5) is 5.69 Å². The SMILES string of the molecule is CSc1ccccc1NC(=O)CNC(=O)C(C)(C)C. The number of carbonyl (C=O) groups excluding carboxylic acids is 2. The third-order valence-corrected chi connectivity index (χ3v) is 3.27. The smallest absolute Gasteiger partial charge is 0.243 e. The van der Waals surface area contributed by atoms with E-state index >= 15 is 0 Å². The Hall–Kier alpha value is -1.49. The molecule has 4 nitrogen and oxygen atoms in total. The van der Waals surface area contributed by atoms with Crippen molar-refractivity contribution >= 4 is 29.3 Å². The predicted octanol–water partition coefficient (Wildman–Crippen LogP) is 2.51. The van der Waals surface area contributed by atoms with Gasteiger partial charge in [0.25, 0.3) is 0 Å². The van der Waals surface area contributed by atoms with Crippen molar-refractivity contribution in [3.63, 3.8) is 0 Å². The van der Waals surface area contributed by atoms with Gasteiger partial charge in [-0.15, -0.1) is 11.8 Å². The van der Waals surface area contributed by atoms with Crippen molar-refractivity contribution in [3.05, 3.63) is 24.3 Å². The molecule has 2 N–H and O–H groups in total. The van der Waals surface area contributed by atoms with Gasteiger partial charge < -0.3 is 10.6 Å². The van der Waals surface area contributed by atoms with Crippen molar-refractivity contribution in [3.8, 4) is 0 Å². The van der Waals surface area contributed by atoms with Gasteiger partial charge >= 0.3 is 0 Å². The molecule has 0 aromatic heterocycles. The van der Waals surface area contributed by atoms with Crippen molar-refractivity contribution in [1.29, 1.82) is 0 Å². The highest BCUT2D eigenvalue weighted by atomic mass is 32.2. The second-order valence-corrected chi connectivity index (χ2v) is 6.03. The molecule has 0 saturated carbocycles. The minimum absolute atomic E-state index is 0.0151. The Morgan fingerprint density at radius 2 is 1.84 bits per heavy atom. The van der Waals surface area contributed by atoms with E-state index in [1.54, 1.807) is 11.8 Å². The molecule has 1 aromatic carbocycles. The first-order chi connectivity index (χ1) is 8.84. The first-order valence-electron chi connectivity index (χ1n) is 6.06. The van der Waals surface area contributed by atoms with Crippen LogP contribution in [0, 0.1) is 5.41 Å². The van der Waals surface area contributed by atoms with Gasteiger partial charge in [-0.1, -0.05) is 32.9 Å². The van der Waals surface area contributed by atoms with E-state index < -0.39 is 5.41 Å². The summed E-state index contributed by atoms with van der Waals surface area (Å²) in [6, 6.07) is 7.56. The molecule has 0 atom stereocenters. The Morgan fingerprint density at radius 3 is 2.42 bits per heavy atom. The van der Waals surface area contributed by atoms with Crippen LogP contribution >= 0.6 is 11.8 Å². The van der Waals surface area contributed by atoms with Crippen LogP contribution in [-0.2, 0) is 9.59 Å². The zero-order valence-corrected chi connectivity index (χ0v) is 12.6. The first kappa shape index (κ1) is 15.6. The molecular weight excluding hydrogens is 260 g/mol. The molecule has 0 bridgehead atoms. The maximum absolute atomic E-state index is 11.8. The summed E-state index contributed by atoms with van der Waals surface area (Å²) in [7, 11) is 0. The van der Waals surface area contributed by atoms with E-state index in [9.17, 15) is 9.59 Å². The summed E-state index contributed by atoms with van der Waals surface area (Å²) in [5.41, 5.74) is 0.280. The molecule has 0 aliphatic rings. The fraction of sp³-hybridized carbons (Fsp3) is 0.429. The van der Waals surface area contributed by atoms with Crippen LogP contribution in [0.1, 0.15) is 20.8 Å². The Kier molecular flexibility index (Phi) is 5.42. The van der Waals surface area contributed by atoms with Gasteiger partial charge in [0.1, 0.15) is 0 Å². The molecule has 104 valence electrons. The van der Waals surface area contributed by atoms with E-state index in [1.807, 2.05) is 51.3 Å². The number of nitrogens with one attached hydrogen (secondary N) is 2. The number of anilines is 1. The lowest BCUT2D eigenvalue weighted by molar-refractivity contribution is -0.130. The monoisotopic (exact) mass is 280 g/mol. The Balaban J connectivity index is 2.54. The molecule has 0 aliphatic heterocycles. The number of thioether (sulfide) groups is 1. The van der Waals surface area contributed by atoms with Crippen LogP contribution in [-0.4, -0.2) is 24.6 Å². The molecule has 0 aliphatic carbocycles. The minimum atomic E-state index is -0.489. The minimum Gasteiger partial charge on any atom is -0.347 e. The van der Waals surface area contributed by atoms with Gasteiger partial charge in [-0.25, -0.2) is 0 Å². The Labute approximate surface area is 118 Å². The van der Waals surface area contributed by atoms with E-state index in [2.05, 4.69) is 10.6 Å². The van der Waals surface area contributed by atoms with Crippen molar-refractivity contribution < 1.29 is 9.59 Å². The van der Waals surface area contributed by atoms with Gasteiger partial charge in [-0.3, -0.25) is 9.59 Å². The molecule has 0 radical (unpaired) electrons. The van der Waals surface area contributed by atoms with E-state index in [0.29, 0.717) is 0 Å². The average Bonchev–Trinajstić information content (AvgIpc) is 2.35. The number of hydrogen-bond donors (Lipinski definition) is 2. The number of carbonyl (C=O) groups is 2. The quantitative estimate of drug-likeness (QED) is 0.833. The summed E-state index contributed by atoms with van der Waals surface area (Å²) in [6.07, 6.45) is 1.95. The van der Waals surface area contributed by atoms with Crippen LogP contribution in [0.5, 0.6) is 0 Å². The highest BCUT2D eigenvalue weighted by Gasteiger charge is 2.21. The summed E-state index contributed by atoms with van der Waals surface area (Å²) in [4.78, 5) is 24.4. The van der Waals surface area contributed by atoms with Gasteiger partial charge in [-0.2, -0.15) is 0 Å². The van der Waals surface area contributed by atoms with Gasteiger partial charge in [0.15, 0.2) is 0 Å². The molecule has 0 heterocycles. The summed E-state index contributed by atoms with van der Waals surface area (Å²) in [5, 5.41) is 5.42. The van der Waals surface area contributed by atoms with E-state index in [-0.39, 0.29) is 18.4 Å². The van der Waals surface area contributed by atoms with Crippen molar-refractivity contribution in [2.75, 3.05) is 18.1 Å². The van der Waals surface area contributed by atoms with Crippen LogP contribution in [0.25, 0.3) is 0 Å². The van der Waals surface area contributed by atoms with Gasteiger partial charge in [-0.05, 0) is 18.4 Å². The molecule has 1 aromatic rings. The highest BCUT2D eigenvalue weighted by Crippen LogP contribution is 2.24. The van der Waals surface area contributed by atoms with Gasteiger partial charge in [0.2, 0.25) is 11.8 Å². The summed E-state index contributed by atoms with van der Waals surface area (Å²) in [6.45, 7) is 5.41. The third kappa shape index (κ3) is 4.95. The zero-order valence-electron chi connectivity index (χ0n) is 11.7. The van der Waals surface area contributed by atoms with Crippen LogP contribution in [0.15, 0.2) is 29.2 Å². The topological polar surface area (TPSA) is 58.2 Å². The number of hydrogen-bond acceptors (Lipinski definition) is 3. The molecule has 19 heavy (non-hydrogen) atoms. The lowest BCUT2D eigenvalue weighted by Gasteiger charge is -2.17. The summed E-state index contributed by atoms with van der Waals surface area (Å²) in [5.74, 6) is -0.361. The van der Waals surface area contributed by atoms with Crippen molar-refractivity contribution in [2.24, 2.45) is 5.41 Å². The highest BCUT2D eigenvalue weighted by molar-refractivity contribution is 7.98. The Morgan fingerprint density at radius 1 is 1.21 bits per heavy atom. The van der Waals surface area contributed by atoms with E-state index in [0.717, 1.165) is 10.6 Å². The third-order valence-electron chi connectivity index (χ3n) is 2.47. The molecule has 1 rings (SSSR count). The molecule has 0 saturated heterocycles. The van der Waals surface area contributed by atoms with Gasteiger partial charge in [0, 0.05) is 10.3 Å². The predicted molar refractivity (Wildman–Crippen MR) is 79.3 cm³/mol. The number of amides is 2. The zero-order chi connectivity index (χ0) is 14.5. The summed E-state index contributed by atoms with van der Waals surface area (Å²) < 4.78 is 0. The van der Waals surface area contributed by atoms with Crippen molar-refractivity contribution in [2.45, 2.75) is 25.7 Å². The Bertz CT molecular complexity index is 467. The van der Waals surface area contributed by atoms with E-state index in [4.69, 9.17) is 0 Å². The molecular formula is C14H20N2O2S. The fourth-order valence-electron chi connectivity index (χ4n) is 1.37. The lowest BCUT2D eigenvalue weighted by atomic mass is 9.96. The number of rotatable bonds is 4. The van der Waals surface area contributed by atoms with Crippen LogP contribution < -0.4 is 10.6 Å². The lowest BCUT2D eigenvalue weighted by Crippen LogP contribution is -2.39. The van der Waals surface area contributed by atoms with Crippen molar-refractivity contribution in [1.82, 2.24) is 5.32 Å². The van der Waals surface area contributed by atoms with E-state index in [1.165, 1.54) is 0 Å². The summed E-state index contributed by atoms with van der Waals surface area (Å²) >= 11 is 1.56. The fourth-order valence-corrected chi connectivity index (χ4v) is 1.92.